The number of H-pyrrole nitrogens is 1. The van der Waals surface area contributed by atoms with Crippen LogP contribution in [0, 0.1) is 6.92 Å². The number of hydrogen-bond donors (Lipinski definition) is 3. The SMILES string of the molecule is CC.CCCCc1[nH]c(=O)c(C2=NN=C(CC(=O)NCCc3ccc(C)cc3)C2)c(O)c1-c1c(OC)cccc1OC. The average Bonchev–Trinajstić information content (AvgIpc) is 3.45. The number of benzene rings is 2. The van der Waals surface area contributed by atoms with Crippen molar-refractivity contribution in [1.82, 2.24) is 10.3 Å². The number of aromatic amines is 1. The lowest BCUT2D eigenvalue weighted by Crippen LogP contribution is -2.28. The first-order chi connectivity index (χ1) is 20.4. The summed E-state index contributed by atoms with van der Waals surface area (Å²) < 4.78 is 11.2. The molecule has 1 aromatic heterocycles. The molecule has 0 atom stereocenters. The molecule has 3 aromatic rings. The Morgan fingerprint density at radius 2 is 1.64 bits per heavy atom. The lowest BCUT2D eigenvalue weighted by Gasteiger charge is -2.19. The van der Waals surface area contributed by atoms with Gasteiger partial charge in [-0.1, -0.05) is 63.1 Å². The molecule has 42 heavy (non-hydrogen) atoms. The second-order valence-corrected chi connectivity index (χ2v) is 9.82. The fourth-order valence-corrected chi connectivity index (χ4v) is 4.79. The van der Waals surface area contributed by atoms with Gasteiger partial charge in [-0.3, -0.25) is 9.59 Å². The molecule has 1 aliphatic rings. The number of carbonyl (C=O) groups excluding carboxylic acids is 1. The third kappa shape index (κ3) is 7.66. The van der Waals surface area contributed by atoms with Crippen LogP contribution in [-0.2, 0) is 17.6 Å². The van der Waals surface area contributed by atoms with Gasteiger partial charge in [0.1, 0.15) is 22.8 Å². The molecular formula is C33H42N4O5. The van der Waals surface area contributed by atoms with E-state index in [1.54, 1.807) is 32.4 Å². The van der Waals surface area contributed by atoms with E-state index in [4.69, 9.17) is 9.47 Å². The average molecular weight is 575 g/mol. The van der Waals surface area contributed by atoms with Crippen molar-refractivity contribution in [2.75, 3.05) is 20.8 Å². The summed E-state index contributed by atoms with van der Waals surface area (Å²) >= 11 is 0. The van der Waals surface area contributed by atoms with Crippen molar-refractivity contribution in [1.29, 1.82) is 0 Å². The maximum Gasteiger partial charge on any atom is 0.261 e. The number of pyridine rings is 1. The van der Waals surface area contributed by atoms with Crippen molar-refractivity contribution >= 4 is 17.3 Å². The van der Waals surface area contributed by atoms with E-state index in [-0.39, 0.29) is 30.1 Å². The first-order valence-corrected chi connectivity index (χ1v) is 14.5. The number of aromatic hydroxyl groups is 1. The highest BCUT2D eigenvalue weighted by Gasteiger charge is 2.28. The van der Waals surface area contributed by atoms with Crippen LogP contribution in [0.4, 0.5) is 0 Å². The number of aromatic nitrogens is 1. The minimum Gasteiger partial charge on any atom is -0.506 e. The van der Waals surface area contributed by atoms with Crippen LogP contribution in [0.1, 0.15) is 68.8 Å². The molecule has 0 bridgehead atoms. The number of nitrogens with zero attached hydrogens (tertiary/aromatic N) is 2. The molecule has 224 valence electrons. The summed E-state index contributed by atoms with van der Waals surface area (Å²) in [5.41, 5.74) is 4.30. The monoisotopic (exact) mass is 574 g/mol. The highest BCUT2D eigenvalue weighted by molar-refractivity contribution is 6.19. The highest BCUT2D eigenvalue weighted by atomic mass is 16.5. The van der Waals surface area contributed by atoms with E-state index in [0.29, 0.717) is 52.7 Å². The molecule has 0 spiro atoms. The van der Waals surface area contributed by atoms with Crippen LogP contribution in [-0.4, -0.2) is 48.2 Å². The van der Waals surface area contributed by atoms with E-state index in [9.17, 15) is 14.7 Å². The predicted molar refractivity (Wildman–Crippen MR) is 168 cm³/mol. The van der Waals surface area contributed by atoms with Crippen LogP contribution in [0.2, 0.25) is 0 Å². The number of carbonyl (C=O) groups is 1. The molecule has 0 saturated carbocycles. The van der Waals surface area contributed by atoms with Gasteiger partial charge in [0.15, 0.2) is 0 Å². The largest absolute Gasteiger partial charge is 0.506 e. The highest BCUT2D eigenvalue weighted by Crippen LogP contribution is 2.45. The van der Waals surface area contributed by atoms with E-state index < -0.39 is 5.56 Å². The van der Waals surface area contributed by atoms with E-state index in [1.807, 2.05) is 32.9 Å². The molecule has 2 aromatic carbocycles. The Kier molecular flexibility index (Phi) is 11.9. The Bertz CT molecular complexity index is 1470. The molecule has 3 N–H and O–H groups in total. The Hall–Kier alpha value is -4.40. The van der Waals surface area contributed by atoms with Crippen LogP contribution >= 0.6 is 0 Å². The lowest BCUT2D eigenvalue weighted by atomic mass is 9.93. The maximum atomic E-state index is 13.2. The Morgan fingerprint density at radius 3 is 2.26 bits per heavy atom. The maximum absolute atomic E-state index is 13.2. The van der Waals surface area contributed by atoms with Gasteiger partial charge in [0.05, 0.1) is 43.2 Å². The van der Waals surface area contributed by atoms with Crippen molar-refractivity contribution in [2.45, 2.75) is 66.2 Å². The molecule has 4 rings (SSSR count). The van der Waals surface area contributed by atoms with Gasteiger partial charge in [0.25, 0.3) is 5.56 Å². The number of rotatable bonds is 12. The molecule has 1 aliphatic heterocycles. The Morgan fingerprint density at radius 1 is 0.976 bits per heavy atom. The summed E-state index contributed by atoms with van der Waals surface area (Å²) in [7, 11) is 3.08. The number of methoxy groups -OCH3 is 2. The zero-order valence-electron chi connectivity index (χ0n) is 25.5. The van der Waals surface area contributed by atoms with E-state index >= 15 is 0 Å². The van der Waals surface area contributed by atoms with Gasteiger partial charge < -0.3 is 24.9 Å². The van der Waals surface area contributed by atoms with Crippen molar-refractivity contribution in [2.24, 2.45) is 10.2 Å². The number of hydrogen-bond acceptors (Lipinski definition) is 7. The van der Waals surface area contributed by atoms with Crippen molar-refractivity contribution in [3.8, 4) is 28.4 Å². The third-order valence-electron chi connectivity index (χ3n) is 6.92. The standard InChI is InChI=1S/C31H36N4O5.C2H6/c1-5-6-8-22-27(29-24(39-3)9-7-10-25(29)40-4)30(37)28(31(38)33-22)23-17-21(34-35-23)18-26(36)32-16-15-20-13-11-19(2)12-14-20;1-2/h7,9-14H,5-6,8,15-18H2,1-4H3,(H,32,36)(H2,33,37,38);1-2H3. The summed E-state index contributed by atoms with van der Waals surface area (Å²) in [5, 5.41) is 22.8. The van der Waals surface area contributed by atoms with Crippen LogP contribution in [0.25, 0.3) is 11.1 Å². The molecule has 9 nitrogen and oxygen atoms in total. The third-order valence-corrected chi connectivity index (χ3v) is 6.92. The zero-order chi connectivity index (χ0) is 30.6. The molecule has 9 heteroatoms. The van der Waals surface area contributed by atoms with Crippen LogP contribution in [0.3, 0.4) is 0 Å². The molecule has 1 amide bonds. The van der Waals surface area contributed by atoms with Crippen LogP contribution in [0.5, 0.6) is 17.2 Å². The molecular weight excluding hydrogens is 532 g/mol. The second kappa shape index (κ2) is 15.6. The number of ether oxygens (including phenoxy) is 2. The number of nitrogens with one attached hydrogen (secondary N) is 2. The fourth-order valence-electron chi connectivity index (χ4n) is 4.79. The molecule has 0 fully saturated rings. The minimum atomic E-state index is -0.459. The number of amides is 1. The van der Waals surface area contributed by atoms with Gasteiger partial charge in [-0.25, -0.2) is 0 Å². The molecule has 2 heterocycles. The predicted octanol–water partition coefficient (Wildman–Crippen LogP) is 5.74. The van der Waals surface area contributed by atoms with Crippen molar-refractivity contribution in [3.05, 3.63) is 75.2 Å². The number of unbranched alkanes of at least 4 members (excludes halogenated alkanes) is 1. The van der Waals surface area contributed by atoms with Gasteiger partial charge in [-0.05, 0) is 43.9 Å². The van der Waals surface area contributed by atoms with E-state index in [2.05, 4.69) is 39.6 Å². The Balaban J connectivity index is 0.00000237. The molecule has 0 unspecified atom stereocenters. The van der Waals surface area contributed by atoms with Crippen molar-refractivity contribution in [3.63, 3.8) is 0 Å². The zero-order valence-corrected chi connectivity index (χ0v) is 25.5. The lowest BCUT2D eigenvalue weighted by molar-refractivity contribution is -0.119. The summed E-state index contributed by atoms with van der Waals surface area (Å²) in [5.74, 6) is 0.612. The van der Waals surface area contributed by atoms with Crippen LogP contribution in [0.15, 0.2) is 57.5 Å². The van der Waals surface area contributed by atoms with E-state index in [0.717, 1.165) is 24.8 Å². The smallest absolute Gasteiger partial charge is 0.261 e. The van der Waals surface area contributed by atoms with Gasteiger partial charge in [-0.2, -0.15) is 10.2 Å². The van der Waals surface area contributed by atoms with Gasteiger partial charge in [0, 0.05) is 18.7 Å². The normalized spacial score (nSPS) is 12.1. The first kappa shape index (κ1) is 32.1. The second-order valence-electron chi connectivity index (χ2n) is 9.82. The summed E-state index contributed by atoms with van der Waals surface area (Å²) in [6, 6.07) is 13.5. The molecule has 0 radical (unpaired) electrons. The minimum absolute atomic E-state index is 0.0294. The summed E-state index contributed by atoms with van der Waals surface area (Å²) in [4.78, 5) is 28.8. The quantitative estimate of drug-likeness (QED) is 0.254. The van der Waals surface area contributed by atoms with Gasteiger partial charge in [-0.15, -0.1) is 0 Å². The number of aryl methyl sites for hydroxylation is 2. The Labute approximate surface area is 247 Å². The topological polar surface area (TPSA) is 125 Å². The van der Waals surface area contributed by atoms with Gasteiger partial charge in [0.2, 0.25) is 5.91 Å². The fraction of sp³-hybridized carbons (Fsp3) is 0.394. The van der Waals surface area contributed by atoms with Gasteiger partial charge >= 0.3 is 0 Å². The van der Waals surface area contributed by atoms with Crippen molar-refractivity contribution < 1.29 is 19.4 Å². The summed E-state index contributed by atoms with van der Waals surface area (Å²) in [6.07, 6.45) is 3.23. The molecule has 0 aliphatic carbocycles. The summed E-state index contributed by atoms with van der Waals surface area (Å²) in [6.45, 7) is 8.60. The molecule has 0 saturated heterocycles. The van der Waals surface area contributed by atoms with Crippen LogP contribution < -0.4 is 20.3 Å². The van der Waals surface area contributed by atoms with E-state index in [1.165, 1.54) is 5.56 Å². The first-order valence-electron chi connectivity index (χ1n) is 14.5.